The van der Waals surface area contributed by atoms with E-state index in [0.717, 1.165) is 6.42 Å². The fourth-order valence-corrected chi connectivity index (χ4v) is 1.81. The number of carbonyl (C=O) groups is 1. The predicted molar refractivity (Wildman–Crippen MR) is 79.9 cm³/mol. The van der Waals surface area contributed by atoms with E-state index >= 15 is 0 Å². The molecule has 0 spiro atoms. The second kappa shape index (κ2) is 5.56. The Morgan fingerprint density at radius 3 is 2.38 bits per heavy atom. The van der Waals surface area contributed by atoms with Crippen molar-refractivity contribution in [3.63, 3.8) is 0 Å². The maximum Gasteiger partial charge on any atom is 0.251 e. The highest BCUT2D eigenvalue weighted by atomic mass is 16.5. The molecule has 1 aliphatic rings. The van der Waals surface area contributed by atoms with Gasteiger partial charge in [0.2, 0.25) is 0 Å². The van der Waals surface area contributed by atoms with Gasteiger partial charge in [-0.05, 0) is 45.9 Å². The van der Waals surface area contributed by atoms with Gasteiger partial charge in [0.05, 0.1) is 24.4 Å². The standard InChI is InChI=1S/C16H23NO4/c1-15(2,16(3,4)19)17-14(18)11-6-7-12-13(10-11)21-9-5-8-20-12/h6-7,10,19H,5,8-9H2,1-4H3,(H,17,18). The van der Waals surface area contributed by atoms with Crippen LogP contribution in [0.15, 0.2) is 18.2 Å². The molecule has 5 nitrogen and oxygen atoms in total. The van der Waals surface area contributed by atoms with Gasteiger partial charge in [-0.3, -0.25) is 4.79 Å². The fourth-order valence-electron chi connectivity index (χ4n) is 1.81. The molecule has 1 amide bonds. The minimum atomic E-state index is -1.03. The van der Waals surface area contributed by atoms with Crippen LogP contribution in [0, 0.1) is 0 Å². The molecule has 0 bridgehead atoms. The van der Waals surface area contributed by atoms with Gasteiger partial charge in [-0.25, -0.2) is 0 Å². The average molecular weight is 293 g/mol. The molecule has 2 N–H and O–H groups in total. The van der Waals surface area contributed by atoms with Crippen LogP contribution in [0.1, 0.15) is 44.5 Å². The average Bonchev–Trinajstić information content (AvgIpc) is 2.60. The molecule has 0 atom stereocenters. The zero-order valence-electron chi connectivity index (χ0n) is 13.0. The summed E-state index contributed by atoms with van der Waals surface area (Å²) in [6, 6.07) is 5.12. The van der Waals surface area contributed by atoms with Gasteiger partial charge >= 0.3 is 0 Å². The van der Waals surface area contributed by atoms with Gasteiger partial charge in [0.1, 0.15) is 0 Å². The van der Waals surface area contributed by atoms with Crippen LogP contribution >= 0.6 is 0 Å². The fraction of sp³-hybridized carbons (Fsp3) is 0.562. The van der Waals surface area contributed by atoms with Gasteiger partial charge in [-0.15, -0.1) is 0 Å². The molecule has 0 fully saturated rings. The summed E-state index contributed by atoms with van der Waals surface area (Å²) in [5.74, 6) is 0.991. The van der Waals surface area contributed by atoms with Crippen molar-refractivity contribution in [3.05, 3.63) is 23.8 Å². The van der Waals surface area contributed by atoms with Crippen molar-refractivity contribution in [3.8, 4) is 11.5 Å². The Hall–Kier alpha value is -1.75. The summed E-state index contributed by atoms with van der Waals surface area (Å²) in [6.45, 7) is 8.10. The third kappa shape index (κ3) is 3.47. The lowest BCUT2D eigenvalue weighted by Gasteiger charge is -2.38. The van der Waals surface area contributed by atoms with Crippen molar-refractivity contribution in [1.82, 2.24) is 5.32 Å². The van der Waals surface area contributed by atoms with E-state index in [1.165, 1.54) is 0 Å². The van der Waals surface area contributed by atoms with Gasteiger partial charge in [0, 0.05) is 12.0 Å². The molecule has 0 aromatic heterocycles. The van der Waals surface area contributed by atoms with Crippen LogP contribution in [-0.4, -0.2) is 35.4 Å². The van der Waals surface area contributed by atoms with E-state index in [-0.39, 0.29) is 5.91 Å². The van der Waals surface area contributed by atoms with Crippen molar-refractivity contribution in [2.45, 2.75) is 45.3 Å². The van der Waals surface area contributed by atoms with Crippen molar-refractivity contribution in [2.75, 3.05) is 13.2 Å². The molecule has 1 aromatic carbocycles. The summed E-state index contributed by atoms with van der Waals surface area (Å²) >= 11 is 0. The molecule has 5 heteroatoms. The summed E-state index contributed by atoms with van der Waals surface area (Å²) in [5, 5.41) is 13.0. The number of carbonyl (C=O) groups excluding carboxylic acids is 1. The summed E-state index contributed by atoms with van der Waals surface area (Å²) in [5.41, 5.74) is -1.31. The molecule has 116 valence electrons. The van der Waals surface area contributed by atoms with Crippen molar-refractivity contribution < 1.29 is 19.4 Å². The smallest absolute Gasteiger partial charge is 0.251 e. The normalized spacial score (nSPS) is 15.3. The molecule has 0 radical (unpaired) electrons. The molecular formula is C16H23NO4. The van der Waals surface area contributed by atoms with Crippen molar-refractivity contribution in [2.24, 2.45) is 0 Å². The Morgan fingerprint density at radius 1 is 1.14 bits per heavy atom. The first-order valence-corrected chi connectivity index (χ1v) is 7.15. The van der Waals surface area contributed by atoms with E-state index in [1.54, 1.807) is 45.9 Å². The Labute approximate surface area is 125 Å². The van der Waals surface area contributed by atoms with E-state index < -0.39 is 11.1 Å². The van der Waals surface area contributed by atoms with Crippen LogP contribution < -0.4 is 14.8 Å². The lowest BCUT2D eigenvalue weighted by molar-refractivity contribution is -0.00293. The molecule has 0 saturated carbocycles. The number of amides is 1. The largest absolute Gasteiger partial charge is 0.490 e. The topological polar surface area (TPSA) is 67.8 Å². The van der Waals surface area contributed by atoms with E-state index in [9.17, 15) is 9.90 Å². The van der Waals surface area contributed by atoms with E-state index in [2.05, 4.69) is 5.32 Å². The lowest BCUT2D eigenvalue weighted by atomic mass is 9.85. The quantitative estimate of drug-likeness (QED) is 0.896. The molecule has 1 heterocycles. The van der Waals surface area contributed by atoms with Gasteiger partial charge in [0.25, 0.3) is 5.91 Å². The third-order valence-corrected chi connectivity index (χ3v) is 3.97. The zero-order valence-corrected chi connectivity index (χ0v) is 13.0. The summed E-state index contributed by atoms with van der Waals surface area (Å²) in [7, 11) is 0. The first-order chi connectivity index (χ1) is 9.71. The van der Waals surface area contributed by atoms with Gasteiger partial charge in [-0.1, -0.05) is 0 Å². The summed E-state index contributed by atoms with van der Waals surface area (Å²) in [6.07, 6.45) is 0.821. The number of hydrogen-bond donors (Lipinski definition) is 2. The monoisotopic (exact) mass is 293 g/mol. The first kappa shape index (κ1) is 15.6. The molecule has 0 aliphatic carbocycles. The van der Waals surface area contributed by atoms with Crippen LogP contribution in [0.2, 0.25) is 0 Å². The second-order valence-corrected chi connectivity index (χ2v) is 6.35. The van der Waals surface area contributed by atoms with Crippen LogP contribution in [0.5, 0.6) is 11.5 Å². The zero-order chi connectivity index (χ0) is 15.7. The van der Waals surface area contributed by atoms with Crippen molar-refractivity contribution >= 4 is 5.91 Å². The molecular weight excluding hydrogens is 270 g/mol. The maximum atomic E-state index is 12.4. The molecule has 2 rings (SSSR count). The predicted octanol–water partition coefficient (Wildman–Crippen LogP) is 2.13. The molecule has 1 aliphatic heterocycles. The van der Waals surface area contributed by atoms with E-state index in [0.29, 0.717) is 30.3 Å². The molecule has 1 aromatic rings. The molecule has 21 heavy (non-hydrogen) atoms. The van der Waals surface area contributed by atoms with E-state index in [1.807, 2.05) is 0 Å². The number of benzene rings is 1. The van der Waals surface area contributed by atoms with Crippen LogP contribution in [0.3, 0.4) is 0 Å². The SMILES string of the molecule is CC(C)(O)C(C)(C)NC(=O)c1ccc2c(c1)OCCCO2. The highest BCUT2D eigenvalue weighted by Gasteiger charge is 2.36. The Bertz CT molecular complexity index is 532. The van der Waals surface area contributed by atoms with Crippen LogP contribution in [0.4, 0.5) is 0 Å². The maximum absolute atomic E-state index is 12.4. The lowest BCUT2D eigenvalue weighted by Crippen LogP contribution is -2.57. The third-order valence-electron chi connectivity index (χ3n) is 3.97. The van der Waals surface area contributed by atoms with Crippen molar-refractivity contribution in [1.29, 1.82) is 0 Å². The first-order valence-electron chi connectivity index (χ1n) is 7.15. The molecule has 0 unspecified atom stereocenters. The Morgan fingerprint density at radius 2 is 1.76 bits per heavy atom. The minimum absolute atomic E-state index is 0.252. The molecule has 0 saturated heterocycles. The number of nitrogens with one attached hydrogen (secondary N) is 1. The van der Waals surface area contributed by atoms with Crippen LogP contribution in [-0.2, 0) is 0 Å². The Kier molecular flexibility index (Phi) is 4.14. The van der Waals surface area contributed by atoms with Gasteiger partial charge in [-0.2, -0.15) is 0 Å². The van der Waals surface area contributed by atoms with Gasteiger partial charge < -0.3 is 19.9 Å². The minimum Gasteiger partial charge on any atom is -0.490 e. The number of hydrogen-bond acceptors (Lipinski definition) is 4. The second-order valence-electron chi connectivity index (χ2n) is 6.35. The highest BCUT2D eigenvalue weighted by Crippen LogP contribution is 2.30. The highest BCUT2D eigenvalue weighted by molar-refractivity contribution is 5.95. The summed E-state index contributed by atoms with van der Waals surface area (Å²) < 4.78 is 11.1. The van der Waals surface area contributed by atoms with E-state index in [4.69, 9.17) is 9.47 Å². The van der Waals surface area contributed by atoms with Crippen LogP contribution in [0.25, 0.3) is 0 Å². The summed E-state index contributed by atoms with van der Waals surface area (Å²) in [4.78, 5) is 12.4. The number of rotatable bonds is 3. The number of ether oxygens (including phenoxy) is 2. The number of fused-ring (bicyclic) bond motifs is 1. The number of aliphatic hydroxyl groups is 1. The van der Waals surface area contributed by atoms with Gasteiger partial charge in [0.15, 0.2) is 11.5 Å². The Balaban J connectivity index is 2.19.